The molecule has 2 aromatic carbocycles. The third-order valence-electron chi connectivity index (χ3n) is 7.63. The van der Waals surface area contributed by atoms with Crippen LogP contribution in [-0.2, 0) is 0 Å². The smallest absolute Gasteiger partial charge is 0.0498 e. The Balaban J connectivity index is 1.97. The Morgan fingerprint density at radius 3 is 2.72 bits per heavy atom. The van der Waals surface area contributed by atoms with Gasteiger partial charge in [0.1, 0.15) is 0 Å². The van der Waals surface area contributed by atoms with E-state index >= 15 is 0 Å². The highest BCUT2D eigenvalue weighted by Gasteiger charge is 2.27. The number of para-hydroxylation sites is 1. The number of anilines is 1. The van der Waals surface area contributed by atoms with E-state index in [1.807, 2.05) is 11.8 Å². The van der Waals surface area contributed by atoms with Gasteiger partial charge in [-0.15, -0.1) is 0 Å². The van der Waals surface area contributed by atoms with Crippen LogP contribution in [0.2, 0.25) is 0 Å². The molecule has 0 saturated carbocycles. The summed E-state index contributed by atoms with van der Waals surface area (Å²) in [5.41, 5.74) is 8.62. The van der Waals surface area contributed by atoms with Crippen LogP contribution in [0.25, 0.3) is 22.8 Å². The van der Waals surface area contributed by atoms with Crippen molar-refractivity contribution in [3.63, 3.8) is 0 Å². The standard InChI is InChI=1S/C36H44N2S/c1-7-16-30-25-37-22-14-10-9-13-21-36(5,6)27(4)32-23-26(3)24-33(35(32)39-30)31-20-15-18-28-17-11-12-19-29(8-2)38-34(28)31/h7,10-12,14-20,23-25,29,37-38H,4,8-9,13,21-22H2,1-3,5-6H3/b14-10-,16-7-,17-11-,19-12-,30-25-. The summed E-state index contributed by atoms with van der Waals surface area (Å²) >= 11 is 1.83. The molecule has 2 nitrogen and oxygen atoms in total. The molecule has 2 aliphatic heterocycles. The van der Waals surface area contributed by atoms with Gasteiger partial charge < -0.3 is 10.6 Å². The van der Waals surface area contributed by atoms with Gasteiger partial charge in [-0.2, -0.15) is 0 Å². The lowest BCUT2D eigenvalue weighted by Gasteiger charge is -2.31. The number of benzene rings is 2. The molecule has 0 radical (unpaired) electrons. The third kappa shape index (κ3) is 7.08. The van der Waals surface area contributed by atoms with E-state index in [0.29, 0.717) is 0 Å². The van der Waals surface area contributed by atoms with Crippen molar-refractivity contribution < 1.29 is 0 Å². The number of rotatable bonds is 3. The predicted molar refractivity (Wildman–Crippen MR) is 175 cm³/mol. The first-order chi connectivity index (χ1) is 18.8. The first-order valence-corrected chi connectivity index (χ1v) is 15.1. The fourth-order valence-corrected chi connectivity index (χ4v) is 6.38. The molecule has 1 atom stereocenters. The summed E-state index contributed by atoms with van der Waals surface area (Å²) in [6, 6.07) is 11.7. The number of fused-ring (bicyclic) bond motifs is 2. The van der Waals surface area contributed by atoms with Gasteiger partial charge in [-0.1, -0.05) is 118 Å². The summed E-state index contributed by atoms with van der Waals surface area (Å²) in [6.07, 6.45) is 24.2. The molecule has 2 aromatic rings. The maximum Gasteiger partial charge on any atom is 0.0498 e. The second kappa shape index (κ2) is 13.3. The maximum atomic E-state index is 4.74. The quantitative estimate of drug-likeness (QED) is 0.382. The fraction of sp³-hybridized carbons (Fsp3) is 0.333. The molecule has 2 N–H and O–H groups in total. The molecule has 0 bridgehead atoms. The average molecular weight is 537 g/mol. The minimum absolute atomic E-state index is 0.00828. The van der Waals surface area contributed by atoms with E-state index in [0.717, 1.165) is 32.2 Å². The van der Waals surface area contributed by atoms with Crippen LogP contribution in [0.15, 0.2) is 95.4 Å². The predicted octanol–water partition coefficient (Wildman–Crippen LogP) is 10.3. The molecule has 0 saturated heterocycles. The van der Waals surface area contributed by atoms with E-state index in [9.17, 15) is 0 Å². The molecule has 39 heavy (non-hydrogen) atoms. The number of hydrogen-bond donors (Lipinski definition) is 2. The molecule has 0 aromatic heterocycles. The van der Waals surface area contributed by atoms with Gasteiger partial charge >= 0.3 is 0 Å². The Morgan fingerprint density at radius 2 is 1.92 bits per heavy atom. The van der Waals surface area contributed by atoms with Crippen LogP contribution < -0.4 is 10.6 Å². The van der Waals surface area contributed by atoms with Crippen molar-refractivity contribution in [2.75, 3.05) is 11.9 Å². The Hall–Kier alpha value is -3.17. The van der Waals surface area contributed by atoms with Crippen LogP contribution in [0.4, 0.5) is 5.69 Å². The van der Waals surface area contributed by atoms with Gasteiger partial charge in [-0.05, 0) is 72.8 Å². The molecule has 1 unspecified atom stereocenters. The lowest BCUT2D eigenvalue weighted by Crippen LogP contribution is -2.17. The van der Waals surface area contributed by atoms with Crippen LogP contribution in [0.1, 0.15) is 70.1 Å². The summed E-state index contributed by atoms with van der Waals surface area (Å²) in [5, 5.41) is 7.38. The maximum absolute atomic E-state index is 4.74. The third-order valence-corrected chi connectivity index (χ3v) is 8.77. The second-order valence-corrected chi connectivity index (χ2v) is 12.2. The van der Waals surface area contributed by atoms with Crippen molar-refractivity contribution in [2.24, 2.45) is 5.41 Å². The number of hydrogen-bond acceptors (Lipinski definition) is 3. The number of thioether (sulfide) groups is 1. The molecule has 0 amide bonds. The summed E-state index contributed by atoms with van der Waals surface area (Å²) < 4.78 is 0. The average Bonchev–Trinajstić information content (AvgIpc) is 2.90. The van der Waals surface area contributed by atoms with Crippen molar-refractivity contribution in [3.05, 3.63) is 107 Å². The van der Waals surface area contributed by atoms with Gasteiger partial charge in [-0.3, -0.25) is 0 Å². The minimum atomic E-state index is -0.00828. The summed E-state index contributed by atoms with van der Waals surface area (Å²) in [7, 11) is 0. The number of allylic oxidation sites excluding steroid dienone is 6. The molecular formula is C36H44N2S. The zero-order chi connectivity index (χ0) is 27.8. The van der Waals surface area contributed by atoms with Crippen molar-refractivity contribution in [3.8, 4) is 11.1 Å². The van der Waals surface area contributed by atoms with Crippen LogP contribution in [0, 0.1) is 12.3 Å². The van der Waals surface area contributed by atoms with Gasteiger partial charge in [0, 0.05) is 39.8 Å². The van der Waals surface area contributed by atoms with Gasteiger partial charge in [0.05, 0.1) is 0 Å². The van der Waals surface area contributed by atoms with Crippen LogP contribution in [0.3, 0.4) is 0 Å². The molecule has 2 aliphatic rings. The zero-order valence-electron chi connectivity index (χ0n) is 24.3. The van der Waals surface area contributed by atoms with E-state index in [1.54, 1.807) is 0 Å². The monoisotopic (exact) mass is 536 g/mol. The van der Waals surface area contributed by atoms with Crippen molar-refractivity contribution in [1.29, 1.82) is 0 Å². The molecule has 4 rings (SSSR count). The molecule has 3 heteroatoms. The Morgan fingerprint density at radius 1 is 1.10 bits per heavy atom. The lowest BCUT2D eigenvalue weighted by molar-refractivity contribution is 0.441. The molecule has 0 fully saturated rings. The van der Waals surface area contributed by atoms with Crippen LogP contribution >= 0.6 is 11.8 Å². The van der Waals surface area contributed by atoms with E-state index in [4.69, 9.17) is 6.58 Å². The van der Waals surface area contributed by atoms with E-state index in [1.165, 1.54) is 48.9 Å². The summed E-state index contributed by atoms with van der Waals surface area (Å²) in [4.78, 5) is 2.45. The largest absolute Gasteiger partial charge is 0.387 e. The van der Waals surface area contributed by atoms with Gasteiger partial charge in [0.25, 0.3) is 0 Å². The highest BCUT2D eigenvalue weighted by atomic mass is 32.2. The minimum Gasteiger partial charge on any atom is -0.387 e. The highest BCUT2D eigenvalue weighted by molar-refractivity contribution is 8.03. The second-order valence-electron chi connectivity index (χ2n) is 11.1. The van der Waals surface area contributed by atoms with E-state index < -0.39 is 0 Å². The SMILES string of the molecule is C=C1c2cc(C)cc(-c3cccc4c3NC(CC)/C=C\C=C/4)c2SC(/C=C\C)=C\NC/C=C\CCCC1(C)C. The van der Waals surface area contributed by atoms with E-state index in [-0.39, 0.29) is 11.5 Å². The van der Waals surface area contributed by atoms with Gasteiger partial charge in [-0.25, -0.2) is 0 Å². The van der Waals surface area contributed by atoms with Gasteiger partial charge in [0.15, 0.2) is 0 Å². The first-order valence-electron chi connectivity index (χ1n) is 14.3. The van der Waals surface area contributed by atoms with Crippen molar-refractivity contribution >= 4 is 29.1 Å². The van der Waals surface area contributed by atoms with Gasteiger partial charge in [0.2, 0.25) is 0 Å². The number of aryl methyl sites for hydroxylation is 1. The van der Waals surface area contributed by atoms with Crippen LogP contribution in [-0.4, -0.2) is 12.6 Å². The lowest BCUT2D eigenvalue weighted by atomic mass is 9.76. The topological polar surface area (TPSA) is 24.1 Å². The van der Waals surface area contributed by atoms with Crippen LogP contribution in [0.5, 0.6) is 0 Å². The van der Waals surface area contributed by atoms with E-state index in [2.05, 4.69) is 130 Å². The molecule has 204 valence electrons. The Labute approximate surface area is 240 Å². The zero-order valence-corrected chi connectivity index (χ0v) is 25.1. The summed E-state index contributed by atoms with van der Waals surface area (Å²) in [6.45, 7) is 16.8. The first kappa shape index (κ1) is 28.8. The molecule has 0 spiro atoms. The highest BCUT2D eigenvalue weighted by Crippen LogP contribution is 2.48. The fourth-order valence-electron chi connectivity index (χ4n) is 5.23. The molecular weight excluding hydrogens is 492 g/mol. The Kier molecular flexibility index (Phi) is 9.80. The molecule has 2 heterocycles. The van der Waals surface area contributed by atoms with Crippen molar-refractivity contribution in [1.82, 2.24) is 5.32 Å². The summed E-state index contributed by atoms with van der Waals surface area (Å²) in [5.74, 6) is 0. The normalized spacial score (nSPS) is 23.5. The Bertz CT molecular complexity index is 1340. The number of nitrogens with one attached hydrogen (secondary N) is 2. The molecule has 0 aliphatic carbocycles. The van der Waals surface area contributed by atoms with Crippen molar-refractivity contribution in [2.45, 2.75) is 71.2 Å².